The number of hydrogen-bond acceptors (Lipinski definition) is 1. The van der Waals surface area contributed by atoms with Gasteiger partial charge in [-0.05, 0) is 36.5 Å². The van der Waals surface area contributed by atoms with Gasteiger partial charge in [-0.1, -0.05) is 56.5 Å². The largest absolute Gasteiger partial charge is 0.337 e. The molecule has 0 saturated heterocycles. The third kappa shape index (κ3) is 2.59. The summed E-state index contributed by atoms with van der Waals surface area (Å²) in [6, 6.07) is 11.1. The van der Waals surface area contributed by atoms with Gasteiger partial charge in [-0.25, -0.2) is 0 Å². The molecule has 1 saturated carbocycles. The minimum absolute atomic E-state index is 0.558. The number of hydrogen-bond donors (Lipinski definition) is 1. The summed E-state index contributed by atoms with van der Waals surface area (Å²) in [7, 11) is 0. The van der Waals surface area contributed by atoms with E-state index in [-0.39, 0.29) is 0 Å². The topological polar surface area (TPSA) is 20.7 Å². The summed E-state index contributed by atoms with van der Waals surface area (Å²) in [6.45, 7) is 2.31. The number of benzene rings is 1. The zero-order valence-corrected chi connectivity index (χ0v) is 12.8. The van der Waals surface area contributed by atoms with Crippen LogP contribution in [0.25, 0.3) is 11.3 Å². The maximum atomic E-state index is 5.54. The van der Waals surface area contributed by atoms with E-state index in [9.17, 15) is 0 Å². The van der Waals surface area contributed by atoms with E-state index in [1.54, 1.807) is 0 Å². The van der Waals surface area contributed by atoms with Crippen molar-refractivity contribution in [2.24, 2.45) is 5.92 Å². The summed E-state index contributed by atoms with van der Waals surface area (Å²) in [6.07, 6.45) is 8.57. The van der Waals surface area contributed by atoms with Gasteiger partial charge in [0.2, 0.25) is 0 Å². The Hall–Kier alpha value is -1.35. The van der Waals surface area contributed by atoms with Crippen LogP contribution in [0.5, 0.6) is 0 Å². The number of rotatable bonds is 3. The van der Waals surface area contributed by atoms with Crippen LogP contribution < -0.4 is 0 Å². The molecule has 0 bridgehead atoms. The zero-order valence-electron chi connectivity index (χ0n) is 12.0. The highest BCUT2D eigenvalue weighted by atomic mass is 32.1. The first-order valence-electron chi connectivity index (χ1n) is 7.65. The van der Waals surface area contributed by atoms with E-state index >= 15 is 0 Å². The van der Waals surface area contributed by atoms with Crippen LogP contribution in [0.4, 0.5) is 0 Å². The Labute approximate surface area is 125 Å². The van der Waals surface area contributed by atoms with Gasteiger partial charge >= 0.3 is 0 Å². The minimum atomic E-state index is 0.558. The molecular formula is C17H22N2S. The lowest BCUT2D eigenvalue weighted by atomic mass is 9.84. The van der Waals surface area contributed by atoms with Crippen molar-refractivity contribution in [3.8, 4) is 11.3 Å². The number of aromatic nitrogens is 2. The summed E-state index contributed by atoms with van der Waals surface area (Å²) in [5, 5.41) is 0. The highest BCUT2D eigenvalue weighted by Gasteiger charge is 2.24. The molecule has 1 aliphatic carbocycles. The zero-order chi connectivity index (χ0) is 13.9. The molecule has 0 spiro atoms. The van der Waals surface area contributed by atoms with Crippen molar-refractivity contribution < 1.29 is 0 Å². The van der Waals surface area contributed by atoms with Gasteiger partial charge in [0.05, 0.1) is 5.69 Å². The van der Waals surface area contributed by atoms with Crippen molar-refractivity contribution in [1.82, 2.24) is 9.55 Å². The molecule has 2 nitrogen and oxygen atoms in total. The SMILES string of the molecule is CCC1CCCC(n2c(-c3ccccc3)c[nH]c2=S)C1. The van der Waals surface area contributed by atoms with Crippen molar-refractivity contribution in [2.45, 2.75) is 45.1 Å². The molecule has 1 aliphatic rings. The van der Waals surface area contributed by atoms with E-state index in [1.807, 2.05) is 0 Å². The fourth-order valence-corrected chi connectivity index (χ4v) is 3.75. The molecule has 106 valence electrons. The lowest BCUT2D eigenvalue weighted by Gasteiger charge is -2.30. The lowest BCUT2D eigenvalue weighted by molar-refractivity contribution is 0.261. The summed E-state index contributed by atoms with van der Waals surface area (Å²) < 4.78 is 3.22. The van der Waals surface area contributed by atoms with Gasteiger partial charge < -0.3 is 9.55 Å². The Morgan fingerprint density at radius 1 is 1.25 bits per heavy atom. The molecule has 3 heteroatoms. The number of H-pyrrole nitrogens is 1. The molecule has 0 radical (unpaired) electrons. The maximum absolute atomic E-state index is 5.54. The third-order valence-corrected chi connectivity index (χ3v) is 4.89. The Morgan fingerprint density at radius 3 is 2.80 bits per heavy atom. The van der Waals surface area contributed by atoms with E-state index in [0.29, 0.717) is 6.04 Å². The summed E-state index contributed by atoms with van der Waals surface area (Å²) in [5.41, 5.74) is 2.48. The van der Waals surface area contributed by atoms with Crippen LogP contribution in [0, 0.1) is 10.7 Å². The molecule has 1 heterocycles. The van der Waals surface area contributed by atoms with E-state index in [1.165, 1.54) is 43.4 Å². The predicted octanol–water partition coefficient (Wildman–Crippen LogP) is 5.35. The highest BCUT2D eigenvalue weighted by molar-refractivity contribution is 7.71. The first-order valence-corrected chi connectivity index (χ1v) is 8.05. The average molecular weight is 286 g/mol. The first kappa shape index (κ1) is 13.6. The van der Waals surface area contributed by atoms with Crippen LogP contribution in [-0.4, -0.2) is 9.55 Å². The van der Waals surface area contributed by atoms with Crippen LogP contribution in [0.1, 0.15) is 45.1 Å². The quantitative estimate of drug-likeness (QED) is 0.754. The van der Waals surface area contributed by atoms with Crippen LogP contribution in [0.15, 0.2) is 36.5 Å². The number of nitrogens with one attached hydrogen (secondary N) is 1. The molecule has 2 atom stereocenters. The Bertz CT molecular complexity index is 611. The van der Waals surface area contributed by atoms with E-state index in [4.69, 9.17) is 12.2 Å². The molecule has 1 aromatic carbocycles. The fourth-order valence-electron chi connectivity index (χ4n) is 3.44. The number of imidazole rings is 1. The Kier molecular flexibility index (Phi) is 4.06. The molecular weight excluding hydrogens is 264 g/mol. The van der Waals surface area contributed by atoms with E-state index in [0.717, 1.165) is 10.7 Å². The first-order chi connectivity index (χ1) is 9.79. The molecule has 1 fully saturated rings. The summed E-state index contributed by atoms with van der Waals surface area (Å²) in [4.78, 5) is 3.24. The van der Waals surface area contributed by atoms with Gasteiger partial charge in [0.15, 0.2) is 4.77 Å². The summed E-state index contributed by atoms with van der Waals surface area (Å²) in [5.74, 6) is 0.856. The second-order valence-corrected chi connectivity index (χ2v) is 6.20. The molecule has 2 unspecified atom stereocenters. The van der Waals surface area contributed by atoms with Gasteiger partial charge in [-0.3, -0.25) is 0 Å². The fraction of sp³-hybridized carbons (Fsp3) is 0.471. The van der Waals surface area contributed by atoms with Gasteiger partial charge in [-0.15, -0.1) is 0 Å². The average Bonchev–Trinajstić information content (AvgIpc) is 2.90. The van der Waals surface area contributed by atoms with Crippen LogP contribution >= 0.6 is 12.2 Å². The second kappa shape index (κ2) is 5.96. The monoisotopic (exact) mass is 286 g/mol. The Morgan fingerprint density at radius 2 is 2.05 bits per heavy atom. The van der Waals surface area contributed by atoms with Crippen molar-refractivity contribution in [1.29, 1.82) is 0 Å². The molecule has 20 heavy (non-hydrogen) atoms. The predicted molar refractivity (Wildman–Crippen MR) is 86.3 cm³/mol. The van der Waals surface area contributed by atoms with Gasteiger partial charge in [0.25, 0.3) is 0 Å². The van der Waals surface area contributed by atoms with Crippen molar-refractivity contribution >= 4 is 12.2 Å². The number of aromatic amines is 1. The molecule has 1 aromatic heterocycles. The minimum Gasteiger partial charge on any atom is -0.337 e. The molecule has 1 N–H and O–H groups in total. The van der Waals surface area contributed by atoms with Crippen molar-refractivity contribution in [3.63, 3.8) is 0 Å². The van der Waals surface area contributed by atoms with Crippen LogP contribution in [0.3, 0.4) is 0 Å². The second-order valence-electron chi connectivity index (χ2n) is 5.81. The lowest BCUT2D eigenvalue weighted by Crippen LogP contribution is -2.19. The molecule has 3 rings (SSSR count). The molecule has 0 aliphatic heterocycles. The van der Waals surface area contributed by atoms with Gasteiger partial charge in [-0.2, -0.15) is 0 Å². The third-order valence-electron chi connectivity index (χ3n) is 4.58. The molecule has 0 amide bonds. The van der Waals surface area contributed by atoms with Gasteiger partial charge in [0.1, 0.15) is 0 Å². The highest BCUT2D eigenvalue weighted by Crippen LogP contribution is 2.36. The maximum Gasteiger partial charge on any atom is 0.177 e. The van der Waals surface area contributed by atoms with E-state index in [2.05, 4.69) is 53.0 Å². The number of nitrogens with zero attached hydrogens (tertiary/aromatic N) is 1. The molecule has 2 aromatic rings. The van der Waals surface area contributed by atoms with Crippen LogP contribution in [0.2, 0.25) is 0 Å². The standard InChI is InChI=1S/C17H22N2S/c1-2-13-7-6-10-15(11-13)19-16(12-18-17(19)20)14-8-4-3-5-9-14/h3-5,8-9,12-13,15H,2,6-7,10-11H2,1H3,(H,18,20). The van der Waals surface area contributed by atoms with Crippen molar-refractivity contribution in [2.75, 3.05) is 0 Å². The Balaban J connectivity index is 1.97. The normalized spacial score (nSPS) is 22.9. The van der Waals surface area contributed by atoms with Crippen molar-refractivity contribution in [3.05, 3.63) is 41.3 Å². The van der Waals surface area contributed by atoms with Crippen LogP contribution in [-0.2, 0) is 0 Å². The van der Waals surface area contributed by atoms with Gasteiger partial charge in [0, 0.05) is 12.2 Å². The summed E-state index contributed by atoms with van der Waals surface area (Å²) >= 11 is 5.54. The van der Waals surface area contributed by atoms with E-state index < -0.39 is 0 Å². The smallest absolute Gasteiger partial charge is 0.177 e.